The average Bonchev–Trinajstić information content (AvgIpc) is 2.24. The third-order valence-corrected chi connectivity index (χ3v) is 3.22. The van der Waals surface area contributed by atoms with Crippen LogP contribution in [0.4, 0.5) is 4.39 Å². The maximum atomic E-state index is 13.2. The van der Waals surface area contributed by atoms with Crippen molar-refractivity contribution >= 4 is 17.7 Å². The molecule has 0 saturated carbocycles. The summed E-state index contributed by atoms with van der Waals surface area (Å²) in [5, 5.41) is 0. The minimum atomic E-state index is -0.344. The van der Waals surface area contributed by atoms with Crippen molar-refractivity contribution in [2.45, 2.75) is 32.1 Å². The Kier molecular flexibility index (Phi) is 5.00. The van der Waals surface area contributed by atoms with Gasteiger partial charge in [-0.25, -0.2) is 4.39 Å². The first-order chi connectivity index (χ1) is 7.88. The monoisotopic (exact) mass is 256 g/mol. The Balaban J connectivity index is 2.36. The molecule has 94 valence electrons. The van der Waals surface area contributed by atoms with Crippen molar-refractivity contribution in [2.24, 2.45) is 0 Å². The van der Waals surface area contributed by atoms with Crippen molar-refractivity contribution in [1.82, 2.24) is 0 Å². The summed E-state index contributed by atoms with van der Waals surface area (Å²) in [6.07, 6.45) is 0. The fourth-order valence-electron chi connectivity index (χ4n) is 1.09. The third-order valence-electron chi connectivity index (χ3n) is 1.97. The number of benzene rings is 1. The van der Waals surface area contributed by atoms with Gasteiger partial charge >= 0.3 is 5.97 Å². The fraction of sp³-hybridized carbons (Fsp3) is 0.462. The molecule has 4 heteroatoms. The van der Waals surface area contributed by atoms with E-state index in [0.29, 0.717) is 5.56 Å². The van der Waals surface area contributed by atoms with Gasteiger partial charge in [-0.3, -0.25) is 4.79 Å². The lowest BCUT2D eigenvalue weighted by Crippen LogP contribution is -2.15. The highest BCUT2D eigenvalue weighted by atomic mass is 32.2. The zero-order valence-corrected chi connectivity index (χ0v) is 11.1. The summed E-state index contributed by atoms with van der Waals surface area (Å²) in [7, 11) is 0. The second-order valence-corrected chi connectivity index (χ2v) is 6.46. The maximum absolute atomic E-state index is 13.2. The smallest absolute Gasteiger partial charge is 0.316 e. The molecule has 17 heavy (non-hydrogen) atoms. The average molecular weight is 256 g/mol. The normalized spacial score (nSPS) is 11.3. The first-order valence-corrected chi connectivity index (χ1v) is 6.40. The zero-order valence-electron chi connectivity index (χ0n) is 10.3. The Morgan fingerprint density at radius 3 is 2.59 bits per heavy atom. The molecule has 0 aromatic heterocycles. The van der Waals surface area contributed by atoms with Crippen molar-refractivity contribution in [1.29, 1.82) is 0 Å². The molecule has 0 bridgehead atoms. The fourth-order valence-corrected chi connectivity index (χ4v) is 1.72. The lowest BCUT2D eigenvalue weighted by Gasteiger charge is -2.16. The molecule has 0 unspecified atom stereocenters. The lowest BCUT2D eigenvalue weighted by atomic mass is 10.2. The third kappa shape index (κ3) is 5.73. The van der Waals surface area contributed by atoms with Crippen LogP contribution >= 0.6 is 11.8 Å². The van der Waals surface area contributed by atoms with Crippen LogP contribution in [0, 0.1) is 5.82 Å². The van der Waals surface area contributed by atoms with Crippen LogP contribution in [0.15, 0.2) is 24.3 Å². The van der Waals surface area contributed by atoms with Gasteiger partial charge in [-0.1, -0.05) is 39.0 Å². The summed E-state index contributed by atoms with van der Waals surface area (Å²) in [4.78, 5) is 11.4. The summed E-state index contributed by atoms with van der Waals surface area (Å²) in [5.41, 5.74) is 0.404. The Morgan fingerprint density at radius 2 is 2.00 bits per heavy atom. The van der Waals surface area contributed by atoms with E-state index in [1.807, 2.05) is 20.8 Å². The van der Waals surface area contributed by atoms with Gasteiger partial charge in [0, 0.05) is 10.3 Å². The van der Waals surface area contributed by atoms with E-state index in [4.69, 9.17) is 4.74 Å². The van der Waals surface area contributed by atoms with Gasteiger partial charge in [-0.2, -0.15) is 0 Å². The van der Waals surface area contributed by atoms with Crippen LogP contribution in [0.25, 0.3) is 0 Å². The summed E-state index contributed by atoms with van der Waals surface area (Å²) in [6.45, 7) is 6.08. The zero-order chi connectivity index (χ0) is 12.9. The summed E-state index contributed by atoms with van der Waals surface area (Å²) >= 11 is 1.51. The number of esters is 1. The molecule has 1 aromatic rings. The van der Waals surface area contributed by atoms with Gasteiger partial charge in [0.05, 0.1) is 5.75 Å². The molecule has 0 radical (unpaired) electrons. The van der Waals surface area contributed by atoms with Crippen molar-refractivity contribution in [3.63, 3.8) is 0 Å². The Hall–Kier alpha value is -1.03. The van der Waals surface area contributed by atoms with Crippen LogP contribution in [0.1, 0.15) is 26.3 Å². The number of halogens is 1. The molecule has 0 aliphatic carbocycles. The molecule has 0 aliphatic rings. The molecule has 0 saturated heterocycles. The summed E-state index contributed by atoms with van der Waals surface area (Å²) < 4.78 is 18.2. The Labute approximate surface area is 106 Å². The highest BCUT2D eigenvalue weighted by Crippen LogP contribution is 2.23. The van der Waals surface area contributed by atoms with Crippen molar-refractivity contribution in [2.75, 3.05) is 5.75 Å². The molecule has 2 nitrogen and oxygen atoms in total. The highest BCUT2D eigenvalue weighted by molar-refractivity contribution is 8.01. The standard InChI is InChI=1S/C13H17FO2S/c1-13(2,3)17-9-12(15)16-8-10-6-4-5-7-11(10)14/h4-7H,8-9H2,1-3H3. The molecule has 0 aliphatic heterocycles. The molecule has 0 heterocycles. The van der Waals surface area contributed by atoms with Crippen LogP contribution in [0.5, 0.6) is 0 Å². The van der Waals surface area contributed by atoms with Crippen molar-refractivity contribution in [3.05, 3.63) is 35.6 Å². The molecule has 0 fully saturated rings. The van der Waals surface area contributed by atoms with Gasteiger partial charge < -0.3 is 4.74 Å². The second-order valence-electron chi connectivity index (χ2n) is 4.65. The van der Waals surface area contributed by atoms with Gasteiger partial charge in [-0.05, 0) is 6.07 Å². The van der Waals surface area contributed by atoms with Gasteiger partial charge in [0.1, 0.15) is 12.4 Å². The van der Waals surface area contributed by atoms with Gasteiger partial charge in [0.25, 0.3) is 0 Å². The van der Waals surface area contributed by atoms with E-state index in [1.54, 1.807) is 18.2 Å². The number of thioether (sulfide) groups is 1. The van der Waals surface area contributed by atoms with Crippen molar-refractivity contribution in [3.8, 4) is 0 Å². The van der Waals surface area contributed by atoms with Crippen LogP contribution in [-0.4, -0.2) is 16.5 Å². The quantitative estimate of drug-likeness (QED) is 0.772. The van der Waals surface area contributed by atoms with Crippen LogP contribution < -0.4 is 0 Å². The molecule has 0 amide bonds. The van der Waals surface area contributed by atoms with E-state index in [0.717, 1.165) is 0 Å². The van der Waals surface area contributed by atoms with Gasteiger partial charge in [0.15, 0.2) is 0 Å². The number of ether oxygens (including phenoxy) is 1. The minimum absolute atomic E-state index is 0.00376. The summed E-state index contributed by atoms with van der Waals surface area (Å²) in [6, 6.07) is 6.29. The van der Waals surface area contributed by atoms with E-state index in [1.165, 1.54) is 17.8 Å². The van der Waals surface area contributed by atoms with E-state index in [-0.39, 0.29) is 28.9 Å². The largest absolute Gasteiger partial charge is 0.460 e. The molecule has 1 aromatic carbocycles. The first-order valence-electron chi connectivity index (χ1n) is 5.41. The molecule has 0 spiro atoms. The predicted octanol–water partition coefficient (Wildman–Crippen LogP) is 3.40. The number of hydrogen-bond donors (Lipinski definition) is 0. The molecule has 1 rings (SSSR count). The molecule has 0 atom stereocenters. The van der Waals surface area contributed by atoms with E-state index in [9.17, 15) is 9.18 Å². The molecule has 0 N–H and O–H groups in total. The topological polar surface area (TPSA) is 26.3 Å². The van der Waals surface area contributed by atoms with Crippen LogP contribution in [-0.2, 0) is 16.1 Å². The predicted molar refractivity (Wildman–Crippen MR) is 68.4 cm³/mol. The number of carbonyl (C=O) groups excluding carboxylic acids is 1. The van der Waals surface area contributed by atoms with E-state index < -0.39 is 0 Å². The maximum Gasteiger partial charge on any atom is 0.316 e. The van der Waals surface area contributed by atoms with E-state index in [2.05, 4.69) is 0 Å². The number of carbonyl (C=O) groups is 1. The lowest BCUT2D eigenvalue weighted by molar-refractivity contribution is -0.141. The van der Waals surface area contributed by atoms with E-state index >= 15 is 0 Å². The van der Waals surface area contributed by atoms with Gasteiger partial charge in [0.2, 0.25) is 0 Å². The summed E-state index contributed by atoms with van der Waals surface area (Å²) in [5.74, 6) is -0.366. The van der Waals surface area contributed by atoms with Crippen LogP contribution in [0.2, 0.25) is 0 Å². The van der Waals surface area contributed by atoms with Crippen LogP contribution in [0.3, 0.4) is 0 Å². The Morgan fingerprint density at radius 1 is 1.35 bits per heavy atom. The SMILES string of the molecule is CC(C)(C)SCC(=O)OCc1ccccc1F. The minimum Gasteiger partial charge on any atom is -0.460 e. The first kappa shape index (κ1) is 14.0. The second kappa shape index (κ2) is 6.05. The number of rotatable bonds is 4. The number of hydrogen-bond acceptors (Lipinski definition) is 3. The van der Waals surface area contributed by atoms with Gasteiger partial charge in [-0.15, -0.1) is 11.8 Å². The Bertz CT molecular complexity index is 385. The molecular formula is C13H17FO2S. The molecular weight excluding hydrogens is 239 g/mol. The highest BCUT2D eigenvalue weighted by Gasteiger charge is 2.14. The van der Waals surface area contributed by atoms with Crippen molar-refractivity contribution < 1.29 is 13.9 Å².